The molecule has 1 aromatic heterocycles. The van der Waals surface area contributed by atoms with Crippen molar-refractivity contribution in [3.63, 3.8) is 0 Å². The van der Waals surface area contributed by atoms with Gasteiger partial charge in [0.15, 0.2) is 0 Å². The molecule has 1 N–H and O–H groups in total. The third-order valence-corrected chi connectivity index (χ3v) is 4.90. The minimum Gasteiger partial charge on any atom is -0.310 e. The van der Waals surface area contributed by atoms with Gasteiger partial charge in [0.1, 0.15) is 0 Å². The van der Waals surface area contributed by atoms with Crippen molar-refractivity contribution in [1.29, 1.82) is 0 Å². The first kappa shape index (κ1) is 13.1. The van der Waals surface area contributed by atoms with E-state index in [1.54, 1.807) is 0 Å². The van der Waals surface area contributed by atoms with Crippen molar-refractivity contribution < 1.29 is 0 Å². The molecule has 1 spiro atoms. The average Bonchev–Trinajstić information content (AvgIpc) is 2.95. The molecule has 2 fully saturated rings. The van der Waals surface area contributed by atoms with Gasteiger partial charge in [0, 0.05) is 43.5 Å². The maximum atomic E-state index is 4.29. The Morgan fingerprint density at radius 2 is 2.21 bits per heavy atom. The van der Waals surface area contributed by atoms with Crippen molar-refractivity contribution in [2.45, 2.75) is 57.2 Å². The Morgan fingerprint density at radius 1 is 1.42 bits per heavy atom. The van der Waals surface area contributed by atoms with Crippen molar-refractivity contribution >= 4 is 0 Å². The van der Waals surface area contributed by atoms with Crippen molar-refractivity contribution in [2.24, 2.45) is 7.05 Å². The molecule has 1 aliphatic carbocycles. The molecule has 2 heterocycles. The summed E-state index contributed by atoms with van der Waals surface area (Å²) in [6.07, 6.45) is 10.9. The molecule has 1 aliphatic heterocycles. The Kier molecular flexibility index (Phi) is 3.63. The van der Waals surface area contributed by atoms with Crippen LogP contribution in [0.1, 0.15) is 44.6 Å². The minimum atomic E-state index is 0.396. The van der Waals surface area contributed by atoms with Gasteiger partial charge in [-0.3, -0.25) is 9.58 Å². The maximum absolute atomic E-state index is 4.29. The summed E-state index contributed by atoms with van der Waals surface area (Å²) in [4.78, 5) is 2.66. The van der Waals surface area contributed by atoms with Crippen LogP contribution in [0.25, 0.3) is 0 Å². The van der Waals surface area contributed by atoms with Gasteiger partial charge in [-0.2, -0.15) is 5.10 Å². The van der Waals surface area contributed by atoms with Crippen molar-refractivity contribution in [3.8, 4) is 0 Å². The van der Waals surface area contributed by atoms with Gasteiger partial charge in [0.25, 0.3) is 0 Å². The summed E-state index contributed by atoms with van der Waals surface area (Å²) in [6.45, 7) is 5.78. The lowest BCUT2D eigenvalue weighted by Gasteiger charge is -2.35. The predicted octanol–water partition coefficient (Wildman–Crippen LogP) is 1.92. The molecule has 0 aromatic carbocycles. The van der Waals surface area contributed by atoms with Crippen molar-refractivity contribution in [1.82, 2.24) is 20.0 Å². The van der Waals surface area contributed by atoms with E-state index in [1.165, 1.54) is 50.8 Å². The number of aryl methyl sites for hydroxylation is 1. The summed E-state index contributed by atoms with van der Waals surface area (Å²) >= 11 is 0. The highest BCUT2D eigenvalue weighted by Gasteiger charge is 2.37. The predicted molar refractivity (Wildman–Crippen MR) is 76.9 cm³/mol. The second-order valence-electron chi connectivity index (χ2n) is 6.48. The molecule has 1 aromatic rings. The Hall–Kier alpha value is -0.870. The van der Waals surface area contributed by atoms with Crippen LogP contribution in [0, 0.1) is 0 Å². The molecule has 4 heteroatoms. The van der Waals surface area contributed by atoms with E-state index in [1.807, 2.05) is 17.9 Å². The largest absolute Gasteiger partial charge is 0.310 e. The van der Waals surface area contributed by atoms with Crippen LogP contribution in [0.3, 0.4) is 0 Å². The first-order valence-electron chi connectivity index (χ1n) is 7.63. The molecule has 0 bridgehead atoms. The molecule has 106 valence electrons. The lowest BCUT2D eigenvalue weighted by molar-refractivity contribution is 0.160. The van der Waals surface area contributed by atoms with E-state index in [0.717, 1.165) is 6.54 Å². The highest BCUT2D eigenvalue weighted by molar-refractivity contribution is 5.06. The van der Waals surface area contributed by atoms with Crippen LogP contribution < -0.4 is 5.32 Å². The van der Waals surface area contributed by atoms with Gasteiger partial charge in [-0.05, 0) is 32.7 Å². The van der Waals surface area contributed by atoms with Crippen LogP contribution in [-0.2, 0) is 13.6 Å². The van der Waals surface area contributed by atoms with Gasteiger partial charge in [-0.25, -0.2) is 0 Å². The maximum Gasteiger partial charge on any atom is 0.0534 e. The normalized spacial score (nSPS) is 27.8. The van der Waals surface area contributed by atoms with Crippen molar-refractivity contribution in [2.75, 3.05) is 13.1 Å². The molecule has 4 nitrogen and oxygen atoms in total. The minimum absolute atomic E-state index is 0.396. The zero-order chi connectivity index (χ0) is 13.3. The molecular weight excluding hydrogens is 236 g/mol. The number of nitrogens with one attached hydrogen (secondary N) is 1. The Balaban J connectivity index is 1.73. The highest BCUT2D eigenvalue weighted by Crippen LogP contribution is 2.33. The van der Waals surface area contributed by atoms with E-state index in [2.05, 4.69) is 28.4 Å². The molecule has 1 saturated carbocycles. The molecule has 1 atom stereocenters. The van der Waals surface area contributed by atoms with E-state index in [4.69, 9.17) is 0 Å². The van der Waals surface area contributed by atoms with E-state index in [9.17, 15) is 0 Å². The summed E-state index contributed by atoms with van der Waals surface area (Å²) < 4.78 is 1.90. The fourth-order valence-corrected chi connectivity index (χ4v) is 3.72. The monoisotopic (exact) mass is 262 g/mol. The van der Waals surface area contributed by atoms with Crippen LogP contribution in [0.5, 0.6) is 0 Å². The lowest BCUT2D eigenvalue weighted by atomic mass is 9.97. The van der Waals surface area contributed by atoms with E-state index < -0.39 is 0 Å². The van der Waals surface area contributed by atoms with Crippen LogP contribution in [-0.4, -0.2) is 39.4 Å². The van der Waals surface area contributed by atoms with E-state index in [-0.39, 0.29) is 0 Å². The van der Waals surface area contributed by atoms with Gasteiger partial charge in [0.05, 0.1) is 6.20 Å². The fraction of sp³-hybridized carbons (Fsp3) is 0.800. The number of nitrogens with zero attached hydrogens (tertiary/aromatic N) is 3. The second-order valence-corrected chi connectivity index (χ2v) is 6.48. The Bertz CT molecular complexity index is 420. The Morgan fingerprint density at radius 3 is 2.89 bits per heavy atom. The molecule has 3 rings (SSSR count). The quantitative estimate of drug-likeness (QED) is 0.884. The second kappa shape index (κ2) is 5.25. The smallest absolute Gasteiger partial charge is 0.0534 e. The first-order chi connectivity index (χ1) is 9.17. The zero-order valence-corrected chi connectivity index (χ0v) is 12.2. The van der Waals surface area contributed by atoms with E-state index >= 15 is 0 Å². The molecule has 0 radical (unpaired) electrons. The average molecular weight is 262 g/mol. The number of hydrogen-bond acceptors (Lipinski definition) is 3. The van der Waals surface area contributed by atoms with Gasteiger partial charge >= 0.3 is 0 Å². The summed E-state index contributed by atoms with van der Waals surface area (Å²) in [5.74, 6) is 0. The molecule has 0 amide bonds. The summed E-state index contributed by atoms with van der Waals surface area (Å²) in [5, 5.41) is 8.14. The third-order valence-electron chi connectivity index (χ3n) is 4.90. The highest BCUT2D eigenvalue weighted by atomic mass is 15.3. The van der Waals surface area contributed by atoms with Crippen molar-refractivity contribution in [3.05, 3.63) is 18.0 Å². The molecule has 2 aliphatic rings. The lowest BCUT2D eigenvalue weighted by Crippen LogP contribution is -2.49. The molecule has 19 heavy (non-hydrogen) atoms. The standard InChI is InChI=1S/C15H26N4/c1-13-5-8-16-15(6-3-4-7-15)12-19(13)11-14-9-17-18(2)10-14/h9-10,13,16H,3-8,11-12H2,1-2H3. The van der Waals surface area contributed by atoms with Crippen LogP contribution >= 0.6 is 0 Å². The number of hydrogen-bond donors (Lipinski definition) is 1. The van der Waals surface area contributed by atoms with Crippen LogP contribution in [0.2, 0.25) is 0 Å². The summed E-state index contributed by atoms with van der Waals surface area (Å²) in [5.41, 5.74) is 1.73. The molecule has 1 unspecified atom stereocenters. The van der Waals surface area contributed by atoms with E-state index in [0.29, 0.717) is 11.6 Å². The zero-order valence-electron chi connectivity index (χ0n) is 12.2. The summed E-state index contributed by atoms with van der Waals surface area (Å²) in [7, 11) is 2.00. The van der Waals surface area contributed by atoms with Gasteiger partial charge in [0.2, 0.25) is 0 Å². The van der Waals surface area contributed by atoms with Crippen LogP contribution in [0.4, 0.5) is 0 Å². The SMILES string of the molecule is CC1CCNC2(CCCC2)CN1Cc1cnn(C)c1. The first-order valence-corrected chi connectivity index (χ1v) is 7.63. The number of rotatable bonds is 2. The number of aromatic nitrogens is 2. The Labute approximate surface area is 116 Å². The van der Waals surface area contributed by atoms with Crippen LogP contribution in [0.15, 0.2) is 12.4 Å². The topological polar surface area (TPSA) is 33.1 Å². The van der Waals surface area contributed by atoms with Gasteiger partial charge < -0.3 is 5.32 Å². The third kappa shape index (κ3) is 2.84. The molecule has 1 saturated heterocycles. The molecular formula is C15H26N4. The summed E-state index contributed by atoms with van der Waals surface area (Å²) in [6, 6.07) is 0.660. The van der Waals surface area contributed by atoms with Gasteiger partial charge in [-0.15, -0.1) is 0 Å². The van der Waals surface area contributed by atoms with Gasteiger partial charge in [-0.1, -0.05) is 12.8 Å². The fourth-order valence-electron chi connectivity index (χ4n) is 3.72.